The van der Waals surface area contributed by atoms with E-state index in [0.29, 0.717) is 5.92 Å². The second-order valence-corrected chi connectivity index (χ2v) is 14.1. The number of nitrogens with two attached hydrogens (primary N) is 1. The number of hydrogen-bond donors (Lipinski definition) is 1. The Labute approximate surface area is 267 Å². The first-order valence-corrected chi connectivity index (χ1v) is 16.4. The van der Waals surface area contributed by atoms with Crippen molar-refractivity contribution in [1.82, 2.24) is 0 Å². The number of anilines is 2. The molecule has 0 bridgehead atoms. The van der Waals surface area contributed by atoms with Crippen LogP contribution < -0.4 is 15.4 Å². The molecule has 4 atom stereocenters. The molecule has 1 heterocycles. The summed E-state index contributed by atoms with van der Waals surface area (Å²) in [5, 5.41) is 2.30. The largest absolute Gasteiger partial charge is 0.472 e. The minimum atomic E-state index is -0.787. The van der Waals surface area contributed by atoms with Crippen molar-refractivity contribution in [3.63, 3.8) is 0 Å². The number of nitrogens with zero attached hydrogens (tertiary/aromatic N) is 1. The average molecular weight is 591 g/mol. The minimum absolute atomic E-state index is 0.116. The summed E-state index contributed by atoms with van der Waals surface area (Å²) >= 11 is 0. The Kier molecular flexibility index (Phi) is 6.23. The molecular formula is C42H42N2O. The molecule has 2 N–H and O–H groups in total. The first-order chi connectivity index (χ1) is 21.7. The third-order valence-electron chi connectivity index (χ3n) is 11.1. The Morgan fingerprint density at radius 1 is 0.844 bits per heavy atom. The van der Waals surface area contributed by atoms with Crippen LogP contribution in [0.2, 0.25) is 0 Å². The third-order valence-corrected chi connectivity index (χ3v) is 11.1. The van der Waals surface area contributed by atoms with Gasteiger partial charge in [-0.25, -0.2) is 0 Å². The second kappa shape index (κ2) is 10.0. The van der Waals surface area contributed by atoms with Gasteiger partial charge in [0, 0.05) is 53.0 Å². The molecule has 5 aromatic rings. The van der Waals surface area contributed by atoms with Gasteiger partial charge >= 0.3 is 0 Å². The summed E-state index contributed by atoms with van der Waals surface area (Å²) in [7, 11) is 4.15. The number of ether oxygens (including phenoxy) is 1. The second-order valence-electron chi connectivity index (χ2n) is 14.1. The van der Waals surface area contributed by atoms with E-state index in [1.165, 1.54) is 58.0 Å². The molecule has 3 aliphatic rings. The third kappa shape index (κ3) is 4.02. The van der Waals surface area contributed by atoms with E-state index in [2.05, 4.69) is 143 Å². The van der Waals surface area contributed by atoms with Crippen LogP contribution in [0.3, 0.4) is 0 Å². The van der Waals surface area contributed by atoms with Gasteiger partial charge in [0.05, 0.1) is 0 Å². The first kappa shape index (κ1) is 28.0. The topological polar surface area (TPSA) is 38.5 Å². The average Bonchev–Trinajstić information content (AvgIpc) is 3.61. The number of nitrogen functional groups attached to an aromatic ring is 1. The van der Waals surface area contributed by atoms with Gasteiger partial charge in [0.2, 0.25) is 0 Å². The van der Waals surface area contributed by atoms with Crippen LogP contribution in [-0.4, -0.2) is 14.1 Å². The van der Waals surface area contributed by atoms with Crippen molar-refractivity contribution < 1.29 is 4.74 Å². The molecule has 1 saturated carbocycles. The molecule has 0 aromatic heterocycles. The summed E-state index contributed by atoms with van der Waals surface area (Å²) in [5.41, 5.74) is 17.9. The van der Waals surface area contributed by atoms with Crippen molar-refractivity contribution in [2.75, 3.05) is 24.7 Å². The smallest absolute Gasteiger partial charge is 0.178 e. The van der Waals surface area contributed by atoms with Crippen molar-refractivity contribution in [2.24, 2.45) is 11.8 Å². The van der Waals surface area contributed by atoms with Gasteiger partial charge in [-0.05, 0) is 89.6 Å². The molecule has 3 nitrogen and oxygen atoms in total. The van der Waals surface area contributed by atoms with Crippen molar-refractivity contribution in [1.29, 1.82) is 0 Å². The van der Waals surface area contributed by atoms with E-state index in [1.54, 1.807) is 0 Å². The summed E-state index contributed by atoms with van der Waals surface area (Å²) < 4.78 is 7.53. The van der Waals surface area contributed by atoms with Gasteiger partial charge in [-0.15, -0.1) is 0 Å². The number of rotatable bonds is 4. The Hall–Kier alpha value is -4.50. The van der Waals surface area contributed by atoms with Crippen molar-refractivity contribution in [2.45, 2.75) is 51.0 Å². The highest BCUT2D eigenvalue weighted by Crippen LogP contribution is 2.62. The van der Waals surface area contributed by atoms with E-state index in [1.807, 2.05) is 0 Å². The molecule has 0 spiro atoms. The van der Waals surface area contributed by atoms with Crippen molar-refractivity contribution in [3.05, 3.63) is 130 Å². The Balaban J connectivity index is 1.44. The fourth-order valence-electron chi connectivity index (χ4n) is 8.75. The monoisotopic (exact) mass is 590 g/mol. The van der Waals surface area contributed by atoms with E-state index in [4.69, 9.17) is 10.5 Å². The van der Waals surface area contributed by atoms with Gasteiger partial charge in [0.25, 0.3) is 0 Å². The molecule has 0 saturated heterocycles. The van der Waals surface area contributed by atoms with Crippen LogP contribution in [-0.2, 0) is 11.0 Å². The molecule has 2 aliphatic carbocycles. The molecule has 3 heteroatoms. The standard InChI is InChI=1S/C42H42N2O/c1-26-11-13-30(23-26)41(3)37-24-27(2)12-19-34(37)38-33-20-16-31(43)25-36(33)40-35(39(38)41)21-22-42(45-40,28-9-7-6-8-10-28)29-14-17-32(18-15-29)44(4)5/h6-10,12,14-22,24-26,30H,11,13,23,43H2,1-5H3. The van der Waals surface area contributed by atoms with E-state index < -0.39 is 5.60 Å². The van der Waals surface area contributed by atoms with Crippen LogP contribution in [0.1, 0.15) is 66.5 Å². The maximum absolute atomic E-state index is 7.53. The first-order valence-electron chi connectivity index (χ1n) is 16.4. The molecule has 0 radical (unpaired) electrons. The quantitative estimate of drug-likeness (QED) is 0.212. The zero-order valence-electron chi connectivity index (χ0n) is 27.0. The van der Waals surface area contributed by atoms with Gasteiger partial charge in [-0.3, -0.25) is 0 Å². The number of fused-ring (bicyclic) bond motifs is 8. The highest BCUT2D eigenvalue weighted by Gasteiger charge is 2.50. The molecule has 5 aromatic carbocycles. The van der Waals surface area contributed by atoms with Crippen LogP contribution in [0.25, 0.3) is 28.0 Å². The molecule has 45 heavy (non-hydrogen) atoms. The van der Waals surface area contributed by atoms with Gasteiger partial charge in [-0.2, -0.15) is 0 Å². The summed E-state index contributed by atoms with van der Waals surface area (Å²) in [5.74, 6) is 2.24. The molecule has 1 fully saturated rings. The van der Waals surface area contributed by atoms with Crippen LogP contribution in [0.4, 0.5) is 11.4 Å². The minimum Gasteiger partial charge on any atom is -0.472 e. The van der Waals surface area contributed by atoms with E-state index in [0.717, 1.165) is 39.6 Å². The maximum Gasteiger partial charge on any atom is 0.178 e. The molecular weight excluding hydrogens is 548 g/mol. The van der Waals surface area contributed by atoms with E-state index in [9.17, 15) is 0 Å². The predicted molar refractivity (Wildman–Crippen MR) is 189 cm³/mol. The summed E-state index contributed by atoms with van der Waals surface area (Å²) in [6.45, 7) is 7.18. The number of hydrogen-bond acceptors (Lipinski definition) is 3. The van der Waals surface area contributed by atoms with Gasteiger partial charge < -0.3 is 15.4 Å². The highest BCUT2D eigenvalue weighted by atomic mass is 16.5. The SMILES string of the molecule is Cc1ccc2c(c1)C(C)(C1CCC(C)C1)c1c3c(c4cc(N)ccc4c1-2)OC(c1ccccc1)(c1ccc(N(C)C)cc1)C=C3. The Morgan fingerprint density at radius 2 is 1.60 bits per heavy atom. The maximum atomic E-state index is 7.53. The van der Waals surface area contributed by atoms with E-state index in [-0.39, 0.29) is 5.41 Å². The van der Waals surface area contributed by atoms with Crippen LogP contribution >= 0.6 is 0 Å². The summed E-state index contributed by atoms with van der Waals surface area (Å²) in [6, 6.07) is 32.9. The number of aryl methyl sites for hydroxylation is 1. The fraction of sp³-hybridized carbons (Fsp3) is 0.286. The van der Waals surface area contributed by atoms with Gasteiger partial charge in [0.1, 0.15) is 5.75 Å². The van der Waals surface area contributed by atoms with Gasteiger partial charge in [-0.1, -0.05) is 98.6 Å². The Bertz CT molecular complexity index is 1990. The molecule has 4 unspecified atom stereocenters. The molecule has 8 rings (SSSR count). The lowest BCUT2D eigenvalue weighted by atomic mass is 9.67. The molecule has 1 aliphatic heterocycles. The number of benzene rings is 5. The summed E-state index contributed by atoms with van der Waals surface area (Å²) in [4.78, 5) is 2.13. The van der Waals surface area contributed by atoms with Crippen LogP contribution in [0, 0.1) is 18.8 Å². The summed E-state index contributed by atoms with van der Waals surface area (Å²) in [6.07, 6.45) is 8.46. The predicted octanol–water partition coefficient (Wildman–Crippen LogP) is 9.87. The molecule has 0 amide bonds. The fourth-order valence-corrected chi connectivity index (χ4v) is 8.75. The normalized spacial score (nSPS) is 24.6. The zero-order valence-corrected chi connectivity index (χ0v) is 27.0. The van der Waals surface area contributed by atoms with Crippen molar-refractivity contribution >= 4 is 28.2 Å². The lowest BCUT2D eigenvalue weighted by molar-refractivity contribution is 0.163. The van der Waals surface area contributed by atoms with E-state index >= 15 is 0 Å². The molecule has 226 valence electrons. The van der Waals surface area contributed by atoms with Crippen LogP contribution in [0.5, 0.6) is 5.75 Å². The van der Waals surface area contributed by atoms with Gasteiger partial charge in [0.15, 0.2) is 5.60 Å². The zero-order chi connectivity index (χ0) is 31.1. The Morgan fingerprint density at radius 3 is 2.31 bits per heavy atom. The lowest BCUT2D eigenvalue weighted by Crippen LogP contribution is -2.36. The van der Waals surface area contributed by atoms with Crippen molar-refractivity contribution in [3.8, 4) is 16.9 Å². The highest BCUT2D eigenvalue weighted by molar-refractivity contribution is 6.09. The van der Waals surface area contributed by atoms with Crippen LogP contribution in [0.15, 0.2) is 97.1 Å². The lowest BCUT2D eigenvalue weighted by Gasteiger charge is -2.40.